The first-order chi connectivity index (χ1) is 12.2. The minimum Gasteiger partial charge on any atom is -0.496 e. The van der Waals surface area contributed by atoms with Gasteiger partial charge in [0.1, 0.15) is 23.2 Å². The van der Waals surface area contributed by atoms with E-state index in [9.17, 15) is 8.78 Å². The van der Waals surface area contributed by atoms with Crippen molar-refractivity contribution in [3.63, 3.8) is 0 Å². The van der Waals surface area contributed by atoms with Gasteiger partial charge < -0.3 is 15.4 Å². The van der Waals surface area contributed by atoms with Gasteiger partial charge in [-0.3, -0.25) is 0 Å². The number of hydrogen-bond donors (Lipinski definition) is 2. The van der Waals surface area contributed by atoms with Crippen molar-refractivity contribution < 1.29 is 13.5 Å². The molecule has 0 saturated heterocycles. The molecule has 1 aromatic heterocycles. The van der Waals surface area contributed by atoms with Crippen molar-refractivity contribution in [2.45, 2.75) is 6.54 Å². The summed E-state index contributed by atoms with van der Waals surface area (Å²) in [5.74, 6) is 0.185. The van der Waals surface area contributed by atoms with Crippen molar-refractivity contribution in [2.75, 3.05) is 17.7 Å². The third-order valence-electron chi connectivity index (χ3n) is 3.49. The summed E-state index contributed by atoms with van der Waals surface area (Å²) in [4.78, 5) is 8.31. The van der Waals surface area contributed by atoms with E-state index in [0.29, 0.717) is 12.4 Å². The van der Waals surface area contributed by atoms with Gasteiger partial charge in [-0.1, -0.05) is 18.2 Å². The van der Waals surface area contributed by atoms with Gasteiger partial charge in [0.15, 0.2) is 0 Å². The molecule has 1 heterocycles. The van der Waals surface area contributed by atoms with Gasteiger partial charge >= 0.3 is 0 Å². The van der Waals surface area contributed by atoms with Gasteiger partial charge in [-0.25, -0.2) is 13.8 Å². The second kappa shape index (κ2) is 7.57. The van der Waals surface area contributed by atoms with Crippen molar-refractivity contribution in [3.05, 3.63) is 71.9 Å². The van der Waals surface area contributed by atoms with Crippen LogP contribution in [-0.2, 0) is 6.54 Å². The highest BCUT2D eigenvalue weighted by atomic mass is 19.1. The summed E-state index contributed by atoms with van der Waals surface area (Å²) in [7, 11) is 1.61. The van der Waals surface area contributed by atoms with Crippen LogP contribution in [0.2, 0.25) is 0 Å². The maximum Gasteiger partial charge on any atom is 0.229 e. The fourth-order valence-electron chi connectivity index (χ4n) is 2.26. The average Bonchev–Trinajstić information content (AvgIpc) is 2.63. The normalized spacial score (nSPS) is 10.4. The summed E-state index contributed by atoms with van der Waals surface area (Å²) in [6.45, 7) is 0.505. The van der Waals surface area contributed by atoms with Gasteiger partial charge in [0.2, 0.25) is 5.95 Å². The number of rotatable bonds is 6. The maximum absolute atomic E-state index is 13.7. The number of ether oxygens (including phenoxy) is 1. The quantitative estimate of drug-likeness (QED) is 0.706. The predicted molar refractivity (Wildman–Crippen MR) is 92.0 cm³/mol. The van der Waals surface area contributed by atoms with Gasteiger partial charge in [-0.2, -0.15) is 4.98 Å². The molecule has 0 fully saturated rings. The van der Waals surface area contributed by atoms with Crippen LogP contribution < -0.4 is 15.4 Å². The van der Waals surface area contributed by atoms with E-state index < -0.39 is 11.6 Å². The lowest BCUT2D eigenvalue weighted by atomic mass is 10.2. The molecule has 2 N–H and O–H groups in total. The van der Waals surface area contributed by atoms with E-state index in [1.54, 1.807) is 19.4 Å². The van der Waals surface area contributed by atoms with Crippen LogP contribution in [-0.4, -0.2) is 17.1 Å². The van der Waals surface area contributed by atoms with Gasteiger partial charge in [0.05, 0.1) is 12.8 Å². The minimum absolute atomic E-state index is 0.100. The number of aromatic nitrogens is 2. The van der Waals surface area contributed by atoms with Crippen LogP contribution >= 0.6 is 0 Å². The summed E-state index contributed by atoms with van der Waals surface area (Å²) in [5.41, 5.74) is 1.07. The lowest BCUT2D eigenvalue weighted by Gasteiger charge is -2.11. The summed E-state index contributed by atoms with van der Waals surface area (Å²) >= 11 is 0. The van der Waals surface area contributed by atoms with Crippen LogP contribution in [0.3, 0.4) is 0 Å². The SMILES string of the molecule is COc1ccccc1CNc1ccnc(Nc2ccc(F)cc2F)n1. The zero-order valence-corrected chi connectivity index (χ0v) is 13.5. The Kier molecular flexibility index (Phi) is 5.03. The van der Waals surface area contributed by atoms with Crippen molar-refractivity contribution in [3.8, 4) is 5.75 Å². The fourth-order valence-corrected chi connectivity index (χ4v) is 2.26. The zero-order chi connectivity index (χ0) is 17.6. The number of hydrogen-bond acceptors (Lipinski definition) is 5. The summed E-state index contributed by atoms with van der Waals surface area (Å²) < 4.78 is 32.0. The molecule has 0 amide bonds. The Labute approximate surface area is 143 Å². The molecular formula is C18H16F2N4O. The van der Waals surface area contributed by atoms with Crippen LogP contribution in [0.15, 0.2) is 54.7 Å². The molecule has 0 aliphatic carbocycles. The third kappa shape index (κ3) is 4.20. The lowest BCUT2D eigenvalue weighted by molar-refractivity contribution is 0.410. The molecule has 0 unspecified atom stereocenters. The lowest BCUT2D eigenvalue weighted by Crippen LogP contribution is -2.05. The topological polar surface area (TPSA) is 59.1 Å². The van der Waals surface area contributed by atoms with Gasteiger partial charge in [0, 0.05) is 24.4 Å². The standard InChI is InChI=1S/C18H16F2N4O/c1-25-16-5-3-2-4-12(16)11-22-17-8-9-21-18(24-17)23-15-7-6-13(19)10-14(15)20/h2-10H,11H2,1H3,(H2,21,22,23,24). The summed E-state index contributed by atoms with van der Waals surface area (Å²) in [5, 5.41) is 5.89. The fraction of sp³-hybridized carbons (Fsp3) is 0.111. The van der Waals surface area contributed by atoms with E-state index in [1.165, 1.54) is 6.07 Å². The third-order valence-corrected chi connectivity index (χ3v) is 3.49. The van der Waals surface area contributed by atoms with Crippen molar-refractivity contribution >= 4 is 17.5 Å². The van der Waals surface area contributed by atoms with Crippen LogP contribution in [0, 0.1) is 11.6 Å². The molecule has 0 atom stereocenters. The number of methoxy groups -OCH3 is 1. The van der Waals surface area contributed by atoms with Gasteiger partial charge in [-0.15, -0.1) is 0 Å². The number of nitrogens with zero attached hydrogens (tertiary/aromatic N) is 2. The first-order valence-corrected chi connectivity index (χ1v) is 7.56. The smallest absolute Gasteiger partial charge is 0.229 e. The Hall–Kier alpha value is -3.22. The summed E-state index contributed by atoms with van der Waals surface area (Å²) in [6.07, 6.45) is 1.54. The number of halogens is 2. The van der Waals surface area contributed by atoms with Crippen LogP contribution in [0.25, 0.3) is 0 Å². The highest BCUT2D eigenvalue weighted by Gasteiger charge is 2.07. The molecule has 128 valence electrons. The van der Waals surface area contributed by atoms with Crippen LogP contribution in [0.4, 0.5) is 26.2 Å². The van der Waals surface area contributed by atoms with Gasteiger partial charge in [0.25, 0.3) is 0 Å². The Balaban J connectivity index is 1.71. The number of nitrogens with one attached hydrogen (secondary N) is 2. The molecule has 25 heavy (non-hydrogen) atoms. The Morgan fingerprint density at radius 3 is 2.72 bits per heavy atom. The molecule has 7 heteroatoms. The maximum atomic E-state index is 13.7. The monoisotopic (exact) mass is 342 g/mol. The molecule has 2 aromatic carbocycles. The highest BCUT2D eigenvalue weighted by molar-refractivity contribution is 5.55. The number of anilines is 3. The van der Waals surface area contributed by atoms with Gasteiger partial charge in [-0.05, 0) is 24.3 Å². The molecule has 0 aliphatic rings. The molecule has 3 aromatic rings. The van der Waals surface area contributed by atoms with E-state index in [1.807, 2.05) is 24.3 Å². The second-order valence-electron chi connectivity index (χ2n) is 5.18. The Morgan fingerprint density at radius 1 is 1.08 bits per heavy atom. The summed E-state index contributed by atoms with van der Waals surface area (Å²) in [6, 6.07) is 12.6. The number of benzene rings is 2. The average molecular weight is 342 g/mol. The van der Waals surface area contributed by atoms with E-state index >= 15 is 0 Å². The minimum atomic E-state index is -0.712. The van der Waals surface area contributed by atoms with Crippen molar-refractivity contribution in [1.82, 2.24) is 9.97 Å². The molecular weight excluding hydrogens is 326 g/mol. The van der Waals surface area contributed by atoms with E-state index in [2.05, 4.69) is 20.6 Å². The second-order valence-corrected chi connectivity index (χ2v) is 5.18. The largest absolute Gasteiger partial charge is 0.496 e. The van der Waals surface area contributed by atoms with Crippen LogP contribution in [0.5, 0.6) is 5.75 Å². The van der Waals surface area contributed by atoms with E-state index in [4.69, 9.17) is 4.74 Å². The molecule has 5 nitrogen and oxygen atoms in total. The Morgan fingerprint density at radius 2 is 1.92 bits per heavy atom. The highest BCUT2D eigenvalue weighted by Crippen LogP contribution is 2.20. The number of para-hydroxylation sites is 1. The molecule has 0 saturated carbocycles. The molecule has 3 rings (SSSR count). The predicted octanol–water partition coefficient (Wildman–Crippen LogP) is 4.12. The molecule has 0 spiro atoms. The van der Waals surface area contributed by atoms with E-state index in [0.717, 1.165) is 23.4 Å². The first-order valence-electron chi connectivity index (χ1n) is 7.56. The molecule has 0 aliphatic heterocycles. The molecule has 0 bridgehead atoms. The van der Waals surface area contributed by atoms with E-state index in [-0.39, 0.29) is 11.6 Å². The van der Waals surface area contributed by atoms with Crippen LogP contribution in [0.1, 0.15) is 5.56 Å². The Bertz CT molecular complexity index is 873. The van der Waals surface area contributed by atoms with Crippen molar-refractivity contribution in [2.24, 2.45) is 0 Å². The van der Waals surface area contributed by atoms with Crippen molar-refractivity contribution in [1.29, 1.82) is 0 Å². The molecule has 0 radical (unpaired) electrons. The first kappa shape index (κ1) is 16.6. The zero-order valence-electron chi connectivity index (χ0n) is 13.5.